The van der Waals surface area contributed by atoms with Crippen LogP contribution in [0.4, 0.5) is 5.69 Å². The molecule has 0 bridgehead atoms. The summed E-state index contributed by atoms with van der Waals surface area (Å²) >= 11 is 0. The fourth-order valence-electron chi connectivity index (χ4n) is 1.82. The normalized spacial score (nSPS) is 12.2. The lowest BCUT2D eigenvalue weighted by atomic mass is 10.2. The third-order valence-corrected chi connectivity index (χ3v) is 3.47. The van der Waals surface area contributed by atoms with Crippen molar-refractivity contribution in [2.75, 3.05) is 32.0 Å². The number of nitrogens with zero attached hydrogens (tertiary/aromatic N) is 2. The van der Waals surface area contributed by atoms with Gasteiger partial charge in [0.05, 0.1) is 0 Å². The first-order chi connectivity index (χ1) is 9.58. The van der Waals surface area contributed by atoms with Gasteiger partial charge >= 0.3 is 0 Å². The lowest BCUT2D eigenvalue weighted by molar-refractivity contribution is 0.0951. The van der Waals surface area contributed by atoms with Gasteiger partial charge in [0.25, 0.3) is 5.91 Å². The topological polar surface area (TPSA) is 57.3 Å². The van der Waals surface area contributed by atoms with Crippen LogP contribution in [-0.2, 0) is 0 Å². The minimum absolute atomic E-state index is 0.132. The van der Waals surface area contributed by atoms with Crippen molar-refractivity contribution in [2.24, 2.45) is 0 Å². The van der Waals surface area contributed by atoms with Gasteiger partial charge in [-0.15, -0.1) is 0 Å². The second-order valence-corrected chi connectivity index (χ2v) is 4.95. The molecule has 0 aliphatic heterocycles. The molecule has 0 aromatic carbocycles. The van der Waals surface area contributed by atoms with Crippen molar-refractivity contribution < 1.29 is 4.79 Å². The van der Waals surface area contributed by atoms with Crippen molar-refractivity contribution in [3.05, 3.63) is 24.0 Å². The number of carbonyl (C=O) groups is 1. The summed E-state index contributed by atoms with van der Waals surface area (Å²) in [6.45, 7) is 8.73. The molecule has 1 amide bonds. The maximum atomic E-state index is 11.7. The van der Waals surface area contributed by atoms with E-state index in [-0.39, 0.29) is 5.91 Å². The summed E-state index contributed by atoms with van der Waals surface area (Å²) in [5.41, 5.74) is 1.38. The molecule has 1 aromatic rings. The number of rotatable bonds is 8. The van der Waals surface area contributed by atoms with E-state index in [0.717, 1.165) is 25.2 Å². The Morgan fingerprint density at radius 2 is 2.20 bits per heavy atom. The molecule has 1 atom stereocenters. The molecule has 1 unspecified atom stereocenters. The zero-order chi connectivity index (χ0) is 15.0. The Bertz CT molecular complexity index is 422. The van der Waals surface area contributed by atoms with Crippen molar-refractivity contribution in [3.63, 3.8) is 0 Å². The summed E-state index contributed by atoms with van der Waals surface area (Å²) < 4.78 is 0. The van der Waals surface area contributed by atoms with Crippen molar-refractivity contribution in [3.8, 4) is 0 Å². The molecule has 20 heavy (non-hydrogen) atoms. The first-order valence-electron chi connectivity index (χ1n) is 7.26. The van der Waals surface area contributed by atoms with Gasteiger partial charge in [0, 0.05) is 37.6 Å². The molecule has 0 saturated heterocycles. The Morgan fingerprint density at radius 1 is 1.45 bits per heavy atom. The van der Waals surface area contributed by atoms with Gasteiger partial charge in [-0.3, -0.25) is 9.78 Å². The monoisotopic (exact) mass is 278 g/mol. The summed E-state index contributed by atoms with van der Waals surface area (Å²) in [7, 11) is 2.13. The molecule has 1 heterocycles. The fraction of sp³-hybridized carbons (Fsp3) is 0.600. The lowest BCUT2D eigenvalue weighted by Crippen LogP contribution is -2.32. The number of aromatic nitrogens is 1. The maximum Gasteiger partial charge on any atom is 0.269 e. The Balaban J connectivity index is 2.48. The molecule has 5 nitrogen and oxygen atoms in total. The van der Waals surface area contributed by atoms with E-state index < -0.39 is 0 Å². The number of carbonyl (C=O) groups excluding carboxylic acids is 1. The summed E-state index contributed by atoms with van der Waals surface area (Å²) in [4.78, 5) is 18.1. The van der Waals surface area contributed by atoms with E-state index in [1.54, 1.807) is 12.3 Å². The van der Waals surface area contributed by atoms with Gasteiger partial charge in [0.2, 0.25) is 0 Å². The van der Waals surface area contributed by atoms with Gasteiger partial charge in [-0.1, -0.05) is 6.92 Å². The minimum Gasteiger partial charge on any atom is -0.384 e. The molecular formula is C15H26N4O. The fourth-order valence-corrected chi connectivity index (χ4v) is 1.82. The van der Waals surface area contributed by atoms with Crippen molar-refractivity contribution in [1.82, 2.24) is 15.2 Å². The largest absolute Gasteiger partial charge is 0.384 e. The molecular weight excluding hydrogens is 252 g/mol. The Hall–Kier alpha value is -1.62. The van der Waals surface area contributed by atoms with E-state index in [1.807, 2.05) is 13.0 Å². The number of hydrogen-bond acceptors (Lipinski definition) is 4. The Morgan fingerprint density at radius 3 is 2.85 bits per heavy atom. The van der Waals surface area contributed by atoms with Crippen molar-refractivity contribution >= 4 is 11.6 Å². The van der Waals surface area contributed by atoms with Gasteiger partial charge < -0.3 is 15.5 Å². The highest BCUT2D eigenvalue weighted by Crippen LogP contribution is 2.08. The molecule has 1 aromatic heterocycles. The molecule has 0 saturated carbocycles. The first kappa shape index (κ1) is 16.4. The standard InChI is InChI=1S/C15H26N4O/c1-5-12(3)19(4)10-9-17-13-7-8-18-14(11-13)15(20)16-6-2/h7-8,11-12H,5-6,9-10H2,1-4H3,(H,16,20)(H,17,18). The Labute approximate surface area is 121 Å². The van der Waals surface area contributed by atoms with Crippen molar-refractivity contribution in [2.45, 2.75) is 33.2 Å². The predicted molar refractivity (Wildman–Crippen MR) is 83.1 cm³/mol. The number of likely N-dealkylation sites (N-methyl/N-ethyl adjacent to an activating group) is 1. The smallest absolute Gasteiger partial charge is 0.269 e. The van der Waals surface area contributed by atoms with E-state index in [1.165, 1.54) is 0 Å². The highest BCUT2D eigenvalue weighted by molar-refractivity contribution is 5.93. The number of nitrogens with one attached hydrogen (secondary N) is 2. The molecule has 5 heteroatoms. The average molecular weight is 278 g/mol. The molecule has 112 valence electrons. The third-order valence-electron chi connectivity index (χ3n) is 3.47. The number of pyridine rings is 1. The molecule has 2 N–H and O–H groups in total. The van der Waals surface area contributed by atoms with E-state index in [0.29, 0.717) is 18.3 Å². The molecule has 0 aliphatic rings. The molecule has 0 aliphatic carbocycles. The van der Waals surface area contributed by atoms with Crippen LogP contribution < -0.4 is 10.6 Å². The number of amides is 1. The van der Waals surface area contributed by atoms with Crippen LogP contribution in [-0.4, -0.2) is 48.5 Å². The minimum atomic E-state index is -0.132. The molecule has 0 spiro atoms. The van der Waals surface area contributed by atoms with Gasteiger partial charge in [0.1, 0.15) is 5.69 Å². The second-order valence-electron chi connectivity index (χ2n) is 4.95. The first-order valence-corrected chi connectivity index (χ1v) is 7.26. The van der Waals surface area contributed by atoms with Crippen LogP contribution in [0.1, 0.15) is 37.7 Å². The van der Waals surface area contributed by atoms with E-state index in [4.69, 9.17) is 0 Å². The SMILES string of the molecule is CCNC(=O)c1cc(NCCN(C)C(C)CC)ccn1. The van der Waals surface area contributed by atoms with E-state index >= 15 is 0 Å². The zero-order valence-corrected chi connectivity index (χ0v) is 12.9. The third kappa shape index (κ3) is 5.17. The van der Waals surface area contributed by atoms with Gasteiger partial charge in [-0.05, 0) is 39.4 Å². The van der Waals surface area contributed by atoms with Crippen LogP contribution >= 0.6 is 0 Å². The van der Waals surface area contributed by atoms with Crippen LogP contribution in [0.5, 0.6) is 0 Å². The summed E-state index contributed by atoms with van der Waals surface area (Å²) in [6.07, 6.45) is 2.80. The van der Waals surface area contributed by atoms with Crippen molar-refractivity contribution in [1.29, 1.82) is 0 Å². The van der Waals surface area contributed by atoms with Crippen LogP contribution in [0.15, 0.2) is 18.3 Å². The summed E-state index contributed by atoms with van der Waals surface area (Å²) in [5, 5.41) is 6.08. The molecule has 0 radical (unpaired) electrons. The quantitative estimate of drug-likeness (QED) is 0.763. The van der Waals surface area contributed by atoms with E-state index in [9.17, 15) is 4.79 Å². The van der Waals surface area contributed by atoms with Gasteiger partial charge in [0.15, 0.2) is 0 Å². The maximum absolute atomic E-state index is 11.7. The van der Waals surface area contributed by atoms with Crippen LogP contribution in [0, 0.1) is 0 Å². The second kappa shape index (κ2) is 8.53. The average Bonchev–Trinajstić information content (AvgIpc) is 2.46. The molecule has 0 fully saturated rings. The Kier molecular flexibility index (Phi) is 7.01. The van der Waals surface area contributed by atoms with E-state index in [2.05, 4.69) is 41.4 Å². The lowest BCUT2D eigenvalue weighted by Gasteiger charge is -2.23. The summed E-state index contributed by atoms with van der Waals surface area (Å²) in [5.74, 6) is -0.132. The van der Waals surface area contributed by atoms with Crippen LogP contribution in [0.25, 0.3) is 0 Å². The molecule has 1 rings (SSSR count). The van der Waals surface area contributed by atoms with Crippen LogP contribution in [0.3, 0.4) is 0 Å². The zero-order valence-electron chi connectivity index (χ0n) is 12.9. The highest BCUT2D eigenvalue weighted by Gasteiger charge is 2.07. The van der Waals surface area contributed by atoms with Gasteiger partial charge in [-0.25, -0.2) is 0 Å². The number of anilines is 1. The summed E-state index contributed by atoms with van der Waals surface area (Å²) in [6, 6.07) is 4.25. The predicted octanol–water partition coefficient (Wildman–Crippen LogP) is 1.97. The number of hydrogen-bond donors (Lipinski definition) is 2. The van der Waals surface area contributed by atoms with Crippen LogP contribution in [0.2, 0.25) is 0 Å². The van der Waals surface area contributed by atoms with Gasteiger partial charge in [-0.2, -0.15) is 0 Å². The highest BCUT2D eigenvalue weighted by atomic mass is 16.1.